The zero-order valence-electron chi connectivity index (χ0n) is 10.5. The molecule has 2 amide bonds. The second kappa shape index (κ2) is 5.55. The van der Waals surface area contributed by atoms with Gasteiger partial charge in [-0.15, -0.1) is 0 Å². The Balaban J connectivity index is 2.23. The molecule has 1 aliphatic heterocycles. The Labute approximate surface area is 114 Å². The summed E-state index contributed by atoms with van der Waals surface area (Å²) in [7, 11) is 0. The Hall–Kier alpha value is -2.64. The molecule has 106 valence electrons. The van der Waals surface area contributed by atoms with Crippen LogP contribution in [-0.4, -0.2) is 40.0 Å². The molecule has 0 atom stereocenters. The Morgan fingerprint density at radius 2 is 1.90 bits per heavy atom. The second-order valence-corrected chi connectivity index (χ2v) is 4.46. The predicted molar refractivity (Wildman–Crippen MR) is 69.9 cm³/mol. The molecule has 0 spiro atoms. The molecule has 1 saturated heterocycles. The van der Waals surface area contributed by atoms with E-state index in [2.05, 4.69) is 5.32 Å². The van der Waals surface area contributed by atoms with Crippen LogP contribution >= 0.6 is 0 Å². The normalized spacial score (nSPS) is 14.1. The minimum absolute atomic E-state index is 0.105. The van der Waals surface area contributed by atoms with Gasteiger partial charge in [0.25, 0.3) is 5.69 Å². The summed E-state index contributed by atoms with van der Waals surface area (Å²) in [6, 6.07) is 2.91. The van der Waals surface area contributed by atoms with E-state index in [1.54, 1.807) is 4.90 Å². The average Bonchev–Trinajstić information content (AvgIpc) is 2.92. The fourth-order valence-corrected chi connectivity index (χ4v) is 2.03. The van der Waals surface area contributed by atoms with Crippen LogP contribution in [0.1, 0.15) is 23.2 Å². The summed E-state index contributed by atoms with van der Waals surface area (Å²) in [5, 5.41) is 22.2. The number of nitrogens with zero attached hydrogens (tertiary/aromatic N) is 2. The van der Waals surface area contributed by atoms with Crippen LogP contribution in [0.5, 0.6) is 0 Å². The summed E-state index contributed by atoms with van der Waals surface area (Å²) >= 11 is 0. The summed E-state index contributed by atoms with van der Waals surface area (Å²) in [5.41, 5.74) is -0.508. The Morgan fingerprint density at radius 1 is 1.25 bits per heavy atom. The minimum atomic E-state index is -1.29. The van der Waals surface area contributed by atoms with Gasteiger partial charge in [0.2, 0.25) is 0 Å². The molecule has 20 heavy (non-hydrogen) atoms. The van der Waals surface area contributed by atoms with Crippen molar-refractivity contribution < 1.29 is 19.6 Å². The first-order chi connectivity index (χ1) is 9.47. The van der Waals surface area contributed by atoms with Crippen LogP contribution in [0.15, 0.2) is 18.2 Å². The highest BCUT2D eigenvalue weighted by atomic mass is 16.6. The van der Waals surface area contributed by atoms with E-state index in [1.165, 1.54) is 6.07 Å². The van der Waals surface area contributed by atoms with E-state index >= 15 is 0 Å². The number of carboxylic acids is 1. The van der Waals surface area contributed by atoms with Crippen LogP contribution in [0, 0.1) is 10.1 Å². The van der Waals surface area contributed by atoms with Gasteiger partial charge in [-0.25, -0.2) is 9.59 Å². The molecular formula is C12H13N3O5. The van der Waals surface area contributed by atoms with Gasteiger partial charge in [-0.05, 0) is 18.9 Å². The number of anilines is 1. The molecule has 1 fully saturated rings. The lowest BCUT2D eigenvalue weighted by atomic mass is 10.2. The number of carbonyl (C=O) groups is 2. The fraction of sp³-hybridized carbons (Fsp3) is 0.333. The lowest BCUT2D eigenvalue weighted by Crippen LogP contribution is -2.32. The van der Waals surface area contributed by atoms with Crippen LogP contribution in [0.2, 0.25) is 0 Å². The van der Waals surface area contributed by atoms with Gasteiger partial charge in [-0.3, -0.25) is 10.1 Å². The van der Waals surface area contributed by atoms with Crippen LogP contribution in [0.25, 0.3) is 0 Å². The molecule has 0 bridgehead atoms. The quantitative estimate of drug-likeness (QED) is 0.648. The standard InChI is InChI=1S/C12H13N3O5/c16-11(17)8-5-9(7-10(6-8)15(19)20)13-12(18)14-3-1-2-4-14/h5-7H,1-4H2,(H,13,18)(H,16,17). The lowest BCUT2D eigenvalue weighted by Gasteiger charge is -2.16. The Bertz CT molecular complexity index is 534. The molecule has 0 saturated carbocycles. The third kappa shape index (κ3) is 3.02. The molecule has 1 aromatic carbocycles. The van der Waals surface area contributed by atoms with E-state index in [-0.39, 0.29) is 23.0 Å². The molecule has 1 heterocycles. The SMILES string of the molecule is O=C(O)c1cc(NC(=O)N2CCCC2)cc([N+](=O)[O-])c1. The first kappa shape index (κ1) is 13.8. The van der Waals surface area contributed by atoms with E-state index in [0.717, 1.165) is 25.0 Å². The molecule has 1 aromatic rings. The minimum Gasteiger partial charge on any atom is -0.478 e. The van der Waals surface area contributed by atoms with Crippen LogP contribution < -0.4 is 5.32 Å². The van der Waals surface area contributed by atoms with Gasteiger partial charge < -0.3 is 15.3 Å². The molecule has 8 nitrogen and oxygen atoms in total. The number of carboxylic acid groups (broad SMARTS) is 1. The Morgan fingerprint density at radius 3 is 2.45 bits per heavy atom. The number of likely N-dealkylation sites (tertiary alicyclic amines) is 1. The predicted octanol–water partition coefficient (Wildman–Crippen LogP) is 1.92. The number of carbonyl (C=O) groups excluding carboxylic acids is 1. The van der Waals surface area contributed by atoms with Gasteiger partial charge in [0.15, 0.2) is 0 Å². The molecule has 0 aliphatic carbocycles. The number of urea groups is 1. The first-order valence-electron chi connectivity index (χ1n) is 6.06. The number of benzene rings is 1. The Kier molecular flexibility index (Phi) is 3.83. The number of amides is 2. The monoisotopic (exact) mass is 279 g/mol. The van der Waals surface area contributed by atoms with Gasteiger partial charge in [0.1, 0.15) is 0 Å². The van der Waals surface area contributed by atoms with Gasteiger partial charge in [-0.1, -0.05) is 0 Å². The van der Waals surface area contributed by atoms with Gasteiger partial charge in [0.05, 0.1) is 16.2 Å². The summed E-state index contributed by atoms with van der Waals surface area (Å²) in [5.74, 6) is -1.29. The molecule has 2 rings (SSSR count). The lowest BCUT2D eigenvalue weighted by molar-refractivity contribution is -0.384. The van der Waals surface area contributed by atoms with Crippen molar-refractivity contribution in [1.29, 1.82) is 0 Å². The first-order valence-corrected chi connectivity index (χ1v) is 6.06. The van der Waals surface area contributed by atoms with E-state index in [1.807, 2.05) is 0 Å². The molecule has 1 aliphatic rings. The maximum Gasteiger partial charge on any atom is 0.336 e. The van der Waals surface area contributed by atoms with E-state index < -0.39 is 10.9 Å². The van der Waals surface area contributed by atoms with Crippen molar-refractivity contribution in [3.05, 3.63) is 33.9 Å². The maximum atomic E-state index is 11.9. The van der Waals surface area contributed by atoms with Gasteiger partial charge in [-0.2, -0.15) is 0 Å². The average molecular weight is 279 g/mol. The molecule has 2 N–H and O–H groups in total. The highest BCUT2D eigenvalue weighted by Crippen LogP contribution is 2.22. The number of nitro benzene ring substituents is 1. The van der Waals surface area contributed by atoms with Crippen molar-refractivity contribution >= 4 is 23.4 Å². The number of hydrogen-bond acceptors (Lipinski definition) is 4. The highest BCUT2D eigenvalue weighted by molar-refractivity contribution is 5.94. The van der Waals surface area contributed by atoms with E-state index in [4.69, 9.17) is 5.11 Å². The number of nitro groups is 1. The van der Waals surface area contributed by atoms with Crippen molar-refractivity contribution in [3.8, 4) is 0 Å². The molecule has 8 heteroatoms. The number of rotatable bonds is 3. The second-order valence-electron chi connectivity index (χ2n) is 4.46. The van der Waals surface area contributed by atoms with Crippen LogP contribution in [0.3, 0.4) is 0 Å². The molecule has 0 radical (unpaired) electrons. The highest BCUT2D eigenvalue weighted by Gasteiger charge is 2.20. The maximum absolute atomic E-state index is 11.9. The third-order valence-electron chi connectivity index (χ3n) is 3.02. The molecular weight excluding hydrogens is 266 g/mol. The van der Waals surface area contributed by atoms with Crippen molar-refractivity contribution in [2.45, 2.75) is 12.8 Å². The number of hydrogen-bond donors (Lipinski definition) is 2. The summed E-state index contributed by atoms with van der Waals surface area (Å²) in [6.45, 7) is 1.26. The smallest absolute Gasteiger partial charge is 0.336 e. The van der Waals surface area contributed by atoms with Crippen molar-refractivity contribution in [2.75, 3.05) is 18.4 Å². The fourth-order valence-electron chi connectivity index (χ4n) is 2.03. The van der Waals surface area contributed by atoms with E-state index in [9.17, 15) is 19.7 Å². The third-order valence-corrected chi connectivity index (χ3v) is 3.02. The van der Waals surface area contributed by atoms with Crippen LogP contribution in [-0.2, 0) is 0 Å². The summed E-state index contributed by atoms with van der Waals surface area (Å²) in [6.07, 6.45) is 1.84. The number of nitrogens with one attached hydrogen (secondary N) is 1. The molecule has 0 unspecified atom stereocenters. The van der Waals surface area contributed by atoms with Gasteiger partial charge in [0, 0.05) is 25.2 Å². The van der Waals surface area contributed by atoms with Crippen LogP contribution in [0.4, 0.5) is 16.2 Å². The zero-order valence-corrected chi connectivity index (χ0v) is 10.5. The molecule has 0 aromatic heterocycles. The van der Waals surface area contributed by atoms with Crippen molar-refractivity contribution in [3.63, 3.8) is 0 Å². The summed E-state index contributed by atoms with van der Waals surface area (Å²) < 4.78 is 0. The zero-order chi connectivity index (χ0) is 14.7. The van der Waals surface area contributed by atoms with E-state index in [0.29, 0.717) is 13.1 Å². The largest absolute Gasteiger partial charge is 0.478 e. The summed E-state index contributed by atoms with van der Waals surface area (Å²) in [4.78, 5) is 34.4. The topological polar surface area (TPSA) is 113 Å². The number of non-ortho nitro benzene ring substituents is 1. The van der Waals surface area contributed by atoms with Crippen molar-refractivity contribution in [1.82, 2.24) is 4.90 Å². The number of aromatic carboxylic acids is 1. The van der Waals surface area contributed by atoms with Gasteiger partial charge >= 0.3 is 12.0 Å². The van der Waals surface area contributed by atoms with Crippen molar-refractivity contribution in [2.24, 2.45) is 0 Å².